The molecule has 0 fully saturated rings. The molecule has 0 amide bonds. The summed E-state index contributed by atoms with van der Waals surface area (Å²) in [6.07, 6.45) is 2.10. The second-order valence-electron chi connectivity index (χ2n) is 3.66. The first-order valence-corrected chi connectivity index (χ1v) is 5.39. The van der Waals surface area contributed by atoms with Crippen molar-refractivity contribution in [1.82, 2.24) is 0 Å². The molecule has 1 heteroatoms. The van der Waals surface area contributed by atoms with Gasteiger partial charge in [0.05, 0.1) is 0 Å². The van der Waals surface area contributed by atoms with Gasteiger partial charge in [-0.3, -0.25) is 0 Å². The Bertz CT molecular complexity index is 498. The lowest BCUT2D eigenvalue weighted by Gasteiger charge is -2.10. The van der Waals surface area contributed by atoms with Gasteiger partial charge in [0.15, 0.2) is 0 Å². The fourth-order valence-electron chi connectivity index (χ4n) is 1.84. The molecule has 0 atom stereocenters. The molecule has 0 spiro atoms. The number of hydrogen-bond acceptors (Lipinski definition) is 1. The van der Waals surface area contributed by atoms with Crippen molar-refractivity contribution in [2.75, 3.05) is 5.73 Å². The molecule has 0 unspecified atom stereocenters. The van der Waals surface area contributed by atoms with Crippen molar-refractivity contribution in [3.8, 4) is 0 Å². The van der Waals surface area contributed by atoms with Crippen LogP contribution in [0.5, 0.6) is 0 Å². The van der Waals surface area contributed by atoms with Crippen LogP contribution in [-0.2, 0) is 0 Å². The molecule has 0 aromatic heterocycles. The molecule has 0 aliphatic carbocycles. The number of anilines is 1. The largest absolute Gasteiger partial charge is 0.398 e. The van der Waals surface area contributed by atoms with Gasteiger partial charge in [-0.15, -0.1) is 0 Å². The van der Waals surface area contributed by atoms with Crippen molar-refractivity contribution < 1.29 is 0 Å². The van der Waals surface area contributed by atoms with Crippen LogP contribution >= 0.6 is 0 Å². The number of allylic oxidation sites excluding steroid dienone is 1. The number of para-hydroxylation sites is 1. The first kappa shape index (κ1) is 10.5. The lowest BCUT2D eigenvalue weighted by molar-refractivity contribution is 1.52. The van der Waals surface area contributed by atoms with Crippen LogP contribution in [0.1, 0.15) is 18.1 Å². The Balaban J connectivity index is 2.51. The zero-order valence-corrected chi connectivity index (χ0v) is 9.35. The maximum Gasteiger partial charge on any atom is 0.0393 e. The Hall–Kier alpha value is -2.02. The van der Waals surface area contributed by atoms with Crippen LogP contribution in [0.2, 0.25) is 0 Å². The summed E-state index contributed by atoms with van der Waals surface area (Å²) in [5.41, 5.74) is 10.3. The van der Waals surface area contributed by atoms with Crippen molar-refractivity contribution in [3.63, 3.8) is 0 Å². The van der Waals surface area contributed by atoms with Gasteiger partial charge in [-0.25, -0.2) is 0 Å². The second-order valence-corrected chi connectivity index (χ2v) is 3.66. The Morgan fingerprint density at radius 3 is 2.19 bits per heavy atom. The highest BCUT2D eigenvalue weighted by Crippen LogP contribution is 2.27. The van der Waals surface area contributed by atoms with E-state index >= 15 is 0 Å². The van der Waals surface area contributed by atoms with Gasteiger partial charge in [0, 0.05) is 11.3 Å². The minimum absolute atomic E-state index is 0.819. The van der Waals surface area contributed by atoms with Crippen LogP contribution in [0.4, 0.5) is 5.69 Å². The highest BCUT2D eigenvalue weighted by atomic mass is 14.6. The molecular weight excluding hydrogens is 194 g/mol. The summed E-state index contributed by atoms with van der Waals surface area (Å²) in [5.74, 6) is 0. The van der Waals surface area contributed by atoms with E-state index in [1.165, 1.54) is 11.1 Å². The molecule has 16 heavy (non-hydrogen) atoms. The van der Waals surface area contributed by atoms with Crippen LogP contribution in [-0.4, -0.2) is 0 Å². The Kier molecular flexibility index (Phi) is 3.06. The molecule has 80 valence electrons. The summed E-state index contributed by atoms with van der Waals surface area (Å²) in [4.78, 5) is 0. The molecule has 0 heterocycles. The van der Waals surface area contributed by atoms with Gasteiger partial charge in [0.1, 0.15) is 0 Å². The van der Waals surface area contributed by atoms with E-state index in [1.54, 1.807) is 0 Å². The summed E-state index contributed by atoms with van der Waals surface area (Å²) < 4.78 is 0. The smallest absolute Gasteiger partial charge is 0.0393 e. The molecule has 0 bridgehead atoms. The van der Waals surface area contributed by atoms with Crippen molar-refractivity contribution in [2.45, 2.75) is 6.92 Å². The molecule has 2 aromatic rings. The summed E-state index contributed by atoms with van der Waals surface area (Å²) in [7, 11) is 0. The predicted octanol–water partition coefficient (Wildman–Crippen LogP) is 3.72. The van der Waals surface area contributed by atoms with Crippen molar-refractivity contribution >= 4 is 11.3 Å². The molecule has 2 N–H and O–H groups in total. The quantitative estimate of drug-likeness (QED) is 0.749. The standard InChI is InChI=1S/C15H15N/c1-2-13(12-8-4-3-5-9-12)14-10-6-7-11-15(14)16/h2-11H,16H2,1H3/b13-2-. The number of rotatable bonds is 2. The predicted molar refractivity (Wildman–Crippen MR) is 70.0 cm³/mol. The fourth-order valence-corrected chi connectivity index (χ4v) is 1.84. The third-order valence-electron chi connectivity index (χ3n) is 2.62. The topological polar surface area (TPSA) is 26.0 Å². The first-order valence-electron chi connectivity index (χ1n) is 5.39. The monoisotopic (exact) mass is 209 g/mol. The number of nitrogen functional groups attached to an aromatic ring is 1. The number of benzene rings is 2. The normalized spacial score (nSPS) is 11.4. The molecule has 2 aromatic carbocycles. The number of nitrogens with two attached hydrogens (primary N) is 1. The van der Waals surface area contributed by atoms with Crippen LogP contribution in [0, 0.1) is 0 Å². The Labute approximate surface area is 96.2 Å². The van der Waals surface area contributed by atoms with E-state index < -0.39 is 0 Å². The fraction of sp³-hybridized carbons (Fsp3) is 0.0667. The van der Waals surface area contributed by atoms with Gasteiger partial charge in [0.2, 0.25) is 0 Å². The molecule has 0 aliphatic rings. The second kappa shape index (κ2) is 4.67. The van der Waals surface area contributed by atoms with Crippen LogP contribution in [0.25, 0.3) is 5.57 Å². The van der Waals surface area contributed by atoms with Gasteiger partial charge in [-0.1, -0.05) is 54.6 Å². The Morgan fingerprint density at radius 2 is 1.56 bits per heavy atom. The lowest BCUT2D eigenvalue weighted by atomic mass is 9.96. The van der Waals surface area contributed by atoms with E-state index in [0.717, 1.165) is 11.3 Å². The molecule has 0 saturated carbocycles. The third-order valence-corrected chi connectivity index (χ3v) is 2.62. The average Bonchev–Trinajstić information content (AvgIpc) is 2.34. The van der Waals surface area contributed by atoms with Crippen molar-refractivity contribution in [3.05, 3.63) is 71.8 Å². The highest BCUT2D eigenvalue weighted by molar-refractivity contribution is 5.85. The van der Waals surface area contributed by atoms with Crippen LogP contribution < -0.4 is 5.73 Å². The SMILES string of the molecule is C/C=C(/c1ccccc1)c1ccccc1N. The van der Waals surface area contributed by atoms with E-state index in [9.17, 15) is 0 Å². The van der Waals surface area contributed by atoms with E-state index in [0.29, 0.717) is 0 Å². The van der Waals surface area contributed by atoms with E-state index in [1.807, 2.05) is 43.3 Å². The maximum absolute atomic E-state index is 5.99. The molecular formula is C15H15N. The van der Waals surface area contributed by atoms with Gasteiger partial charge >= 0.3 is 0 Å². The summed E-state index contributed by atoms with van der Waals surface area (Å²) in [6.45, 7) is 2.04. The van der Waals surface area contributed by atoms with Gasteiger partial charge in [0.25, 0.3) is 0 Å². The summed E-state index contributed by atoms with van der Waals surface area (Å²) in [6, 6.07) is 18.2. The molecule has 0 radical (unpaired) electrons. The highest BCUT2D eigenvalue weighted by Gasteiger charge is 2.05. The third kappa shape index (κ3) is 1.98. The lowest BCUT2D eigenvalue weighted by Crippen LogP contribution is -1.94. The van der Waals surface area contributed by atoms with Gasteiger partial charge < -0.3 is 5.73 Å². The zero-order valence-electron chi connectivity index (χ0n) is 9.35. The minimum Gasteiger partial charge on any atom is -0.398 e. The molecule has 2 rings (SSSR count). The van der Waals surface area contributed by atoms with E-state index in [4.69, 9.17) is 5.73 Å². The van der Waals surface area contributed by atoms with Gasteiger partial charge in [-0.2, -0.15) is 0 Å². The van der Waals surface area contributed by atoms with Crippen LogP contribution in [0.3, 0.4) is 0 Å². The van der Waals surface area contributed by atoms with E-state index in [-0.39, 0.29) is 0 Å². The Morgan fingerprint density at radius 1 is 0.938 bits per heavy atom. The minimum atomic E-state index is 0.819. The molecule has 0 aliphatic heterocycles. The zero-order chi connectivity index (χ0) is 11.4. The number of hydrogen-bond donors (Lipinski definition) is 1. The van der Waals surface area contributed by atoms with Crippen molar-refractivity contribution in [1.29, 1.82) is 0 Å². The summed E-state index contributed by atoms with van der Waals surface area (Å²) >= 11 is 0. The maximum atomic E-state index is 5.99. The van der Waals surface area contributed by atoms with Crippen molar-refractivity contribution in [2.24, 2.45) is 0 Å². The van der Waals surface area contributed by atoms with Gasteiger partial charge in [-0.05, 0) is 24.1 Å². The van der Waals surface area contributed by atoms with Crippen LogP contribution in [0.15, 0.2) is 60.7 Å². The molecule has 0 saturated heterocycles. The average molecular weight is 209 g/mol. The summed E-state index contributed by atoms with van der Waals surface area (Å²) in [5, 5.41) is 0. The van der Waals surface area contributed by atoms with E-state index in [2.05, 4.69) is 24.3 Å². The first-order chi connectivity index (χ1) is 7.83. The molecule has 1 nitrogen and oxygen atoms in total.